The van der Waals surface area contributed by atoms with Crippen LogP contribution in [0.5, 0.6) is 5.88 Å². The molecule has 5 rings (SSSR count). The average Bonchev–Trinajstić information content (AvgIpc) is 3.28. The Kier molecular flexibility index (Phi) is 4.74. The highest BCUT2D eigenvalue weighted by molar-refractivity contribution is 6.17. The molecule has 8 nitrogen and oxygen atoms in total. The number of carbonyl (C=O) groups is 2. The highest BCUT2D eigenvalue weighted by Crippen LogP contribution is 2.55. The number of carbonyl (C=O) groups excluding carboxylic acids is 2. The summed E-state index contributed by atoms with van der Waals surface area (Å²) in [6.45, 7) is 5.66. The summed E-state index contributed by atoms with van der Waals surface area (Å²) in [6, 6.07) is 15.2. The van der Waals surface area contributed by atoms with E-state index in [2.05, 4.69) is 10.4 Å². The number of hydrogen-bond acceptors (Lipinski definition) is 6. The van der Waals surface area contributed by atoms with Gasteiger partial charge in [-0.05, 0) is 44.0 Å². The van der Waals surface area contributed by atoms with Crippen LogP contribution in [0.15, 0.2) is 60.0 Å². The van der Waals surface area contributed by atoms with E-state index in [-0.39, 0.29) is 18.1 Å². The average molecular weight is 444 g/mol. The minimum atomic E-state index is -1.54. The lowest BCUT2D eigenvalue weighted by Gasteiger charge is -2.34. The van der Waals surface area contributed by atoms with Crippen LogP contribution >= 0.6 is 0 Å². The van der Waals surface area contributed by atoms with Gasteiger partial charge in [0, 0.05) is 11.3 Å². The molecule has 0 aliphatic carbocycles. The molecular formula is C25H24N4O4. The highest BCUT2D eigenvalue weighted by Gasteiger charge is 2.60. The maximum Gasteiger partial charge on any atom is 0.341 e. The van der Waals surface area contributed by atoms with Crippen LogP contribution in [0.2, 0.25) is 0 Å². The van der Waals surface area contributed by atoms with Crippen molar-refractivity contribution in [2.45, 2.75) is 32.6 Å². The Morgan fingerprint density at radius 1 is 1.21 bits per heavy atom. The lowest BCUT2D eigenvalue weighted by atomic mass is 9.68. The van der Waals surface area contributed by atoms with Gasteiger partial charge in [-0.3, -0.25) is 4.79 Å². The summed E-state index contributed by atoms with van der Waals surface area (Å²) in [7, 11) is 0. The van der Waals surface area contributed by atoms with Crippen LogP contribution in [0.3, 0.4) is 0 Å². The highest BCUT2D eigenvalue weighted by atomic mass is 16.5. The SMILES string of the molecule is CCOC(=O)C1=C(N)Oc2c(c(C)nn2-c2ccccc2)[C@@]12C(=O)Nc1ccc(CC)cc12. The van der Waals surface area contributed by atoms with Crippen molar-refractivity contribution in [2.75, 3.05) is 11.9 Å². The largest absolute Gasteiger partial charge is 0.462 e. The Balaban J connectivity index is 1.88. The van der Waals surface area contributed by atoms with Gasteiger partial charge in [0.15, 0.2) is 0 Å². The number of esters is 1. The van der Waals surface area contributed by atoms with E-state index < -0.39 is 17.3 Å². The number of anilines is 1. The van der Waals surface area contributed by atoms with Gasteiger partial charge in [-0.1, -0.05) is 37.3 Å². The lowest BCUT2D eigenvalue weighted by Crippen LogP contribution is -2.46. The van der Waals surface area contributed by atoms with Gasteiger partial charge in [0.25, 0.3) is 0 Å². The number of nitrogens with two attached hydrogens (primary N) is 1. The molecule has 3 aromatic rings. The summed E-state index contributed by atoms with van der Waals surface area (Å²) in [5.74, 6) is -0.966. The zero-order valence-corrected chi connectivity index (χ0v) is 18.6. The number of para-hydroxylation sites is 1. The molecule has 2 aromatic carbocycles. The summed E-state index contributed by atoms with van der Waals surface area (Å²) < 4.78 is 13.0. The molecule has 1 atom stereocenters. The van der Waals surface area contributed by atoms with E-state index in [1.54, 1.807) is 18.5 Å². The smallest absolute Gasteiger partial charge is 0.341 e. The zero-order valence-electron chi connectivity index (χ0n) is 18.6. The van der Waals surface area contributed by atoms with E-state index in [1.807, 2.05) is 55.5 Å². The molecule has 0 radical (unpaired) electrons. The molecule has 168 valence electrons. The van der Waals surface area contributed by atoms with E-state index in [0.717, 1.165) is 17.7 Å². The number of rotatable bonds is 4. The molecular weight excluding hydrogens is 420 g/mol. The molecule has 1 amide bonds. The minimum absolute atomic E-state index is 0.0305. The van der Waals surface area contributed by atoms with E-state index >= 15 is 0 Å². The Morgan fingerprint density at radius 3 is 2.67 bits per heavy atom. The van der Waals surface area contributed by atoms with Gasteiger partial charge in [0.05, 0.1) is 23.6 Å². The molecule has 0 saturated carbocycles. The van der Waals surface area contributed by atoms with Gasteiger partial charge in [-0.2, -0.15) is 5.10 Å². The molecule has 0 saturated heterocycles. The third-order valence-corrected chi connectivity index (χ3v) is 6.19. The normalized spacial score (nSPS) is 18.6. The van der Waals surface area contributed by atoms with E-state index in [0.29, 0.717) is 28.4 Å². The molecule has 3 heterocycles. The minimum Gasteiger partial charge on any atom is -0.462 e. The van der Waals surface area contributed by atoms with Crippen LogP contribution in [0.1, 0.15) is 36.2 Å². The summed E-state index contributed by atoms with van der Waals surface area (Å²) in [5.41, 5.74) is 8.84. The molecule has 0 unspecified atom stereocenters. The molecule has 1 aromatic heterocycles. The van der Waals surface area contributed by atoms with Crippen LogP contribution in [0.25, 0.3) is 5.69 Å². The maximum atomic E-state index is 13.8. The Hall–Kier alpha value is -4.07. The number of hydrogen-bond donors (Lipinski definition) is 2. The van der Waals surface area contributed by atoms with Gasteiger partial charge in [0.2, 0.25) is 17.7 Å². The summed E-state index contributed by atoms with van der Waals surface area (Å²) in [4.78, 5) is 27.1. The van der Waals surface area contributed by atoms with Crippen LogP contribution in [0.4, 0.5) is 5.69 Å². The van der Waals surface area contributed by atoms with Crippen LogP contribution < -0.4 is 15.8 Å². The first-order chi connectivity index (χ1) is 15.9. The Morgan fingerprint density at radius 2 is 1.97 bits per heavy atom. The van der Waals surface area contributed by atoms with Gasteiger partial charge in [0.1, 0.15) is 11.0 Å². The fourth-order valence-electron chi connectivity index (χ4n) is 4.76. The molecule has 2 aliphatic heterocycles. The summed E-state index contributed by atoms with van der Waals surface area (Å²) in [6.07, 6.45) is 0.761. The molecule has 2 aliphatic rings. The van der Waals surface area contributed by atoms with Crippen molar-refractivity contribution in [2.24, 2.45) is 5.73 Å². The second-order valence-corrected chi connectivity index (χ2v) is 8.01. The summed E-state index contributed by atoms with van der Waals surface area (Å²) in [5, 5.41) is 7.63. The second kappa shape index (κ2) is 7.51. The Bertz CT molecular complexity index is 1330. The number of nitrogens with zero attached hydrogens (tertiary/aromatic N) is 2. The van der Waals surface area contributed by atoms with Gasteiger partial charge in [-0.15, -0.1) is 0 Å². The van der Waals surface area contributed by atoms with Crippen LogP contribution in [-0.4, -0.2) is 28.3 Å². The Labute approximate surface area is 191 Å². The summed E-state index contributed by atoms with van der Waals surface area (Å²) >= 11 is 0. The van der Waals surface area contributed by atoms with Crippen LogP contribution in [0, 0.1) is 6.92 Å². The standard InChI is InChI=1S/C25H24N4O4/c1-4-15-11-12-18-17(13-15)25(24(31)27-18)19-14(3)28-29(16-9-7-6-8-10-16)22(19)33-21(26)20(25)23(30)32-5-2/h6-13H,4-5,26H2,1-3H3,(H,27,31)/t25-/m1/s1. The van der Waals surface area contributed by atoms with Crippen LogP contribution in [-0.2, 0) is 26.2 Å². The van der Waals surface area contributed by atoms with Gasteiger partial charge in [-0.25, -0.2) is 9.48 Å². The van der Waals surface area contributed by atoms with E-state index in [1.165, 1.54) is 0 Å². The van der Waals surface area contributed by atoms with Crippen molar-refractivity contribution in [1.82, 2.24) is 9.78 Å². The molecule has 8 heteroatoms. The lowest BCUT2D eigenvalue weighted by molar-refractivity contribution is -0.140. The molecule has 1 spiro atoms. The number of aryl methyl sites for hydroxylation is 2. The third-order valence-electron chi connectivity index (χ3n) is 6.19. The topological polar surface area (TPSA) is 108 Å². The quantitative estimate of drug-likeness (QED) is 0.599. The number of ether oxygens (including phenoxy) is 2. The van der Waals surface area contributed by atoms with Crippen molar-refractivity contribution in [3.05, 3.63) is 82.4 Å². The molecule has 0 bridgehead atoms. The number of aromatic nitrogens is 2. The van der Waals surface area contributed by atoms with Crippen molar-refractivity contribution in [3.63, 3.8) is 0 Å². The number of fused-ring (bicyclic) bond motifs is 4. The second-order valence-electron chi connectivity index (χ2n) is 8.01. The fourth-order valence-corrected chi connectivity index (χ4v) is 4.76. The van der Waals surface area contributed by atoms with Crippen molar-refractivity contribution >= 4 is 17.6 Å². The van der Waals surface area contributed by atoms with Crippen molar-refractivity contribution in [3.8, 4) is 11.6 Å². The first-order valence-electron chi connectivity index (χ1n) is 10.9. The first-order valence-corrected chi connectivity index (χ1v) is 10.9. The molecule has 33 heavy (non-hydrogen) atoms. The van der Waals surface area contributed by atoms with Crippen molar-refractivity contribution in [1.29, 1.82) is 0 Å². The molecule has 3 N–H and O–H groups in total. The monoisotopic (exact) mass is 444 g/mol. The predicted octanol–water partition coefficient (Wildman–Crippen LogP) is 3.11. The van der Waals surface area contributed by atoms with E-state index in [9.17, 15) is 9.59 Å². The van der Waals surface area contributed by atoms with Crippen molar-refractivity contribution < 1.29 is 19.1 Å². The number of amides is 1. The first kappa shape index (κ1) is 20.8. The number of nitrogens with one attached hydrogen (secondary N) is 1. The third kappa shape index (κ3) is 2.80. The molecule has 0 fully saturated rings. The zero-order chi connectivity index (χ0) is 23.3. The van der Waals surface area contributed by atoms with E-state index in [4.69, 9.17) is 15.2 Å². The maximum absolute atomic E-state index is 13.8. The number of benzene rings is 2. The van der Waals surface area contributed by atoms with Gasteiger partial charge < -0.3 is 20.5 Å². The predicted molar refractivity (Wildman–Crippen MR) is 122 cm³/mol. The van der Waals surface area contributed by atoms with Gasteiger partial charge >= 0.3 is 5.97 Å². The fraction of sp³-hybridized carbons (Fsp3) is 0.240.